The fourth-order valence-corrected chi connectivity index (χ4v) is 2.49. The zero-order chi connectivity index (χ0) is 15.2. The first-order valence-electron chi connectivity index (χ1n) is 6.09. The normalized spacial score (nSPS) is 11.7. The molecule has 0 aliphatic rings. The summed E-state index contributed by atoms with van der Waals surface area (Å²) in [5, 5.41) is 4.59. The van der Waals surface area contributed by atoms with Crippen LogP contribution in [0.1, 0.15) is 27.8 Å². The van der Waals surface area contributed by atoms with Crippen molar-refractivity contribution >= 4 is 29.0 Å². The predicted octanol–water partition coefficient (Wildman–Crippen LogP) is 1.15. The second-order valence-corrected chi connectivity index (χ2v) is 5.09. The Labute approximate surface area is 125 Å². The van der Waals surface area contributed by atoms with E-state index < -0.39 is 17.9 Å². The first-order valence-corrected chi connectivity index (χ1v) is 6.97. The summed E-state index contributed by atoms with van der Waals surface area (Å²) in [6, 6.07) is 3.18. The second kappa shape index (κ2) is 6.80. The number of carbonyl (C=O) groups is 2. The minimum absolute atomic E-state index is 0.0307. The topological polar surface area (TPSA) is 107 Å². The number of esters is 1. The Bertz CT molecular complexity index is 630. The summed E-state index contributed by atoms with van der Waals surface area (Å²) in [6.45, 7) is 0. The second-order valence-electron chi connectivity index (χ2n) is 4.11. The molecule has 0 bridgehead atoms. The number of aromatic nitrogens is 2. The number of nitrogens with one attached hydrogen (secondary N) is 1. The summed E-state index contributed by atoms with van der Waals surface area (Å²) < 4.78 is 4.65. The molecule has 0 aliphatic heterocycles. The molecule has 1 amide bonds. The summed E-state index contributed by atoms with van der Waals surface area (Å²) in [5.74, 6) is -0.860. The lowest BCUT2D eigenvalue weighted by Crippen LogP contribution is -2.31. The van der Waals surface area contributed by atoms with Gasteiger partial charge in [-0.05, 0) is 11.4 Å². The van der Waals surface area contributed by atoms with E-state index in [4.69, 9.17) is 5.73 Å². The molecule has 3 N–H and O–H groups in total. The Morgan fingerprint density at radius 2 is 2.19 bits per heavy atom. The number of ether oxygens (including phenoxy) is 1. The van der Waals surface area contributed by atoms with Gasteiger partial charge in [-0.1, -0.05) is 6.07 Å². The van der Waals surface area contributed by atoms with Crippen LogP contribution in [-0.4, -0.2) is 29.0 Å². The lowest BCUT2D eigenvalue weighted by Gasteiger charge is -2.16. The summed E-state index contributed by atoms with van der Waals surface area (Å²) in [5.41, 5.74) is 5.65. The van der Waals surface area contributed by atoms with Gasteiger partial charge < -0.3 is 15.8 Å². The Morgan fingerprint density at radius 3 is 2.81 bits per heavy atom. The number of hydrogen-bond donors (Lipinski definition) is 2. The fourth-order valence-electron chi connectivity index (χ4n) is 1.71. The van der Waals surface area contributed by atoms with Crippen molar-refractivity contribution in [1.29, 1.82) is 0 Å². The fraction of sp³-hybridized carbons (Fsp3) is 0.231. The quantitative estimate of drug-likeness (QED) is 0.803. The molecule has 0 saturated carbocycles. The Kier molecular flexibility index (Phi) is 4.83. The number of carbonyl (C=O) groups excluding carboxylic acids is 2. The zero-order valence-electron chi connectivity index (χ0n) is 11.3. The highest BCUT2D eigenvalue weighted by molar-refractivity contribution is 7.10. The van der Waals surface area contributed by atoms with E-state index in [1.54, 1.807) is 0 Å². The van der Waals surface area contributed by atoms with Crippen molar-refractivity contribution in [1.82, 2.24) is 15.3 Å². The Hall–Kier alpha value is -2.48. The van der Waals surface area contributed by atoms with E-state index in [-0.39, 0.29) is 17.9 Å². The molecule has 0 aromatic carbocycles. The highest BCUT2D eigenvalue weighted by Gasteiger charge is 2.22. The SMILES string of the molecule is COC(=O)CC(NC(=O)c1nccnc1N)c1cccs1. The number of nitrogens with zero attached hydrogens (tertiary/aromatic N) is 2. The van der Waals surface area contributed by atoms with Crippen LogP contribution in [0.4, 0.5) is 5.82 Å². The number of amides is 1. The molecule has 2 rings (SSSR count). The van der Waals surface area contributed by atoms with E-state index in [2.05, 4.69) is 20.0 Å². The molecule has 0 spiro atoms. The van der Waals surface area contributed by atoms with E-state index in [0.717, 1.165) is 4.88 Å². The average molecular weight is 306 g/mol. The molecule has 1 atom stereocenters. The molecule has 8 heteroatoms. The lowest BCUT2D eigenvalue weighted by atomic mass is 10.1. The molecule has 2 heterocycles. The number of hydrogen-bond acceptors (Lipinski definition) is 7. The van der Waals surface area contributed by atoms with Crippen molar-refractivity contribution in [3.05, 3.63) is 40.5 Å². The van der Waals surface area contributed by atoms with Crippen molar-refractivity contribution in [3.8, 4) is 0 Å². The molecule has 0 radical (unpaired) electrons. The largest absolute Gasteiger partial charge is 0.469 e. The standard InChI is InChI=1S/C13H14N4O3S/c1-20-10(18)7-8(9-3-2-6-21-9)17-13(19)11-12(14)16-5-4-15-11/h2-6,8H,7H2,1H3,(H2,14,16)(H,17,19). The third-order valence-electron chi connectivity index (χ3n) is 2.73. The van der Waals surface area contributed by atoms with Gasteiger partial charge in [-0.3, -0.25) is 9.59 Å². The zero-order valence-corrected chi connectivity index (χ0v) is 12.1. The first kappa shape index (κ1) is 14.9. The molecule has 0 aliphatic carbocycles. The molecular formula is C13H14N4O3S. The van der Waals surface area contributed by atoms with E-state index in [1.165, 1.54) is 30.8 Å². The van der Waals surface area contributed by atoms with Gasteiger partial charge in [0, 0.05) is 17.3 Å². The third-order valence-corrected chi connectivity index (χ3v) is 3.72. The van der Waals surface area contributed by atoms with E-state index in [9.17, 15) is 9.59 Å². The first-order chi connectivity index (χ1) is 10.1. The number of methoxy groups -OCH3 is 1. The minimum Gasteiger partial charge on any atom is -0.469 e. The van der Waals surface area contributed by atoms with Gasteiger partial charge in [0.1, 0.15) is 0 Å². The summed E-state index contributed by atoms with van der Waals surface area (Å²) in [6.07, 6.45) is 2.81. The number of nitrogens with two attached hydrogens (primary N) is 1. The third kappa shape index (κ3) is 3.76. The monoisotopic (exact) mass is 306 g/mol. The summed E-state index contributed by atoms with van der Waals surface area (Å²) >= 11 is 1.44. The molecule has 1 unspecified atom stereocenters. The van der Waals surface area contributed by atoms with Crippen LogP contribution < -0.4 is 11.1 Å². The van der Waals surface area contributed by atoms with Crippen LogP contribution in [0.2, 0.25) is 0 Å². The van der Waals surface area contributed by atoms with Crippen LogP contribution in [0.15, 0.2) is 29.9 Å². The average Bonchev–Trinajstić information content (AvgIpc) is 3.01. The Morgan fingerprint density at radius 1 is 1.43 bits per heavy atom. The van der Waals surface area contributed by atoms with Crippen LogP contribution in [0, 0.1) is 0 Å². The molecule has 0 saturated heterocycles. The van der Waals surface area contributed by atoms with Crippen molar-refractivity contribution < 1.29 is 14.3 Å². The maximum absolute atomic E-state index is 12.2. The molecule has 0 fully saturated rings. The molecule has 110 valence electrons. The van der Waals surface area contributed by atoms with Gasteiger partial charge >= 0.3 is 5.97 Å². The van der Waals surface area contributed by atoms with Crippen LogP contribution in [0.5, 0.6) is 0 Å². The highest BCUT2D eigenvalue weighted by atomic mass is 32.1. The number of rotatable bonds is 5. The van der Waals surface area contributed by atoms with E-state index in [0.29, 0.717) is 0 Å². The van der Waals surface area contributed by atoms with Crippen molar-refractivity contribution in [2.75, 3.05) is 12.8 Å². The predicted molar refractivity (Wildman–Crippen MR) is 77.6 cm³/mol. The number of thiophene rings is 1. The number of nitrogen functional groups attached to an aromatic ring is 1. The smallest absolute Gasteiger partial charge is 0.307 e. The van der Waals surface area contributed by atoms with Crippen molar-refractivity contribution in [2.45, 2.75) is 12.5 Å². The van der Waals surface area contributed by atoms with Gasteiger partial charge in [-0.2, -0.15) is 0 Å². The Balaban J connectivity index is 2.17. The molecular weight excluding hydrogens is 292 g/mol. The van der Waals surface area contributed by atoms with Gasteiger partial charge in [-0.25, -0.2) is 9.97 Å². The van der Waals surface area contributed by atoms with Crippen LogP contribution in [0.3, 0.4) is 0 Å². The van der Waals surface area contributed by atoms with E-state index >= 15 is 0 Å². The van der Waals surface area contributed by atoms with Crippen molar-refractivity contribution in [2.24, 2.45) is 0 Å². The van der Waals surface area contributed by atoms with Crippen LogP contribution in [0.25, 0.3) is 0 Å². The van der Waals surface area contributed by atoms with Gasteiger partial charge in [-0.15, -0.1) is 11.3 Å². The van der Waals surface area contributed by atoms with Gasteiger partial charge in [0.05, 0.1) is 19.6 Å². The summed E-state index contributed by atoms with van der Waals surface area (Å²) in [4.78, 5) is 32.2. The molecule has 21 heavy (non-hydrogen) atoms. The van der Waals surface area contributed by atoms with Gasteiger partial charge in [0.15, 0.2) is 11.5 Å². The molecule has 2 aromatic rings. The number of anilines is 1. The van der Waals surface area contributed by atoms with Crippen LogP contribution in [-0.2, 0) is 9.53 Å². The maximum Gasteiger partial charge on any atom is 0.307 e. The van der Waals surface area contributed by atoms with Crippen molar-refractivity contribution in [3.63, 3.8) is 0 Å². The van der Waals surface area contributed by atoms with Gasteiger partial charge in [0.2, 0.25) is 0 Å². The maximum atomic E-state index is 12.2. The van der Waals surface area contributed by atoms with Crippen LogP contribution >= 0.6 is 11.3 Å². The highest BCUT2D eigenvalue weighted by Crippen LogP contribution is 2.23. The lowest BCUT2D eigenvalue weighted by molar-refractivity contribution is -0.141. The van der Waals surface area contributed by atoms with Gasteiger partial charge in [0.25, 0.3) is 5.91 Å². The molecule has 2 aromatic heterocycles. The summed E-state index contributed by atoms with van der Waals surface area (Å²) in [7, 11) is 1.30. The van der Waals surface area contributed by atoms with E-state index in [1.807, 2.05) is 17.5 Å². The minimum atomic E-state index is -0.494. The molecule has 7 nitrogen and oxygen atoms in total.